The van der Waals surface area contributed by atoms with Crippen LogP contribution in [0.3, 0.4) is 0 Å². The van der Waals surface area contributed by atoms with Crippen molar-refractivity contribution in [1.82, 2.24) is 15.2 Å². The molecule has 2 aromatic heterocycles. The third kappa shape index (κ3) is 2.45. The van der Waals surface area contributed by atoms with E-state index in [0.29, 0.717) is 30.6 Å². The lowest BCUT2D eigenvalue weighted by molar-refractivity contribution is -0.135. The van der Waals surface area contributed by atoms with E-state index in [-0.39, 0.29) is 5.91 Å². The molecule has 1 aromatic carbocycles. The average molecular weight is 322 g/mol. The van der Waals surface area contributed by atoms with Gasteiger partial charge in [-0.3, -0.25) is 9.89 Å². The van der Waals surface area contributed by atoms with E-state index < -0.39 is 5.60 Å². The van der Waals surface area contributed by atoms with Crippen LogP contribution >= 0.6 is 0 Å². The SMILES string of the molecule is Cc1[nH]nc2ncc(NC(=O)[C@@]3(O)CCc4ccccc4C3)cc12. The van der Waals surface area contributed by atoms with Crippen LogP contribution in [0.15, 0.2) is 36.5 Å². The topological polar surface area (TPSA) is 90.9 Å². The molecular weight excluding hydrogens is 304 g/mol. The number of benzene rings is 1. The van der Waals surface area contributed by atoms with Crippen LogP contribution in [0.1, 0.15) is 23.2 Å². The number of H-pyrrole nitrogens is 1. The second kappa shape index (κ2) is 5.42. The van der Waals surface area contributed by atoms with Gasteiger partial charge in [-0.1, -0.05) is 24.3 Å². The van der Waals surface area contributed by atoms with Gasteiger partial charge in [-0.05, 0) is 37.0 Å². The van der Waals surface area contributed by atoms with E-state index in [1.54, 1.807) is 6.20 Å². The Balaban J connectivity index is 1.58. The highest BCUT2D eigenvalue weighted by Gasteiger charge is 2.39. The molecule has 0 fully saturated rings. The third-order valence-corrected chi connectivity index (χ3v) is 4.69. The fourth-order valence-electron chi connectivity index (χ4n) is 3.25. The Morgan fingerprint density at radius 2 is 2.12 bits per heavy atom. The highest BCUT2D eigenvalue weighted by molar-refractivity contribution is 5.98. The van der Waals surface area contributed by atoms with Crippen LogP contribution in [0.5, 0.6) is 0 Å². The van der Waals surface area contributed by atoms with Gasteiger partial charge in [-0.2, -0.15) is 5.10 Å². The number of rotatable bonds is 2. The number of aromatic amines is 1. The van der Waals surface area contributed by atoms with Crippen LogP contribution in [0.25, 0.3) is 11.0 Å². The van der Waals surface area contributed by atoms with Crippen molar-refractivity contribution >= 4 is 22.6 Å². The standard InChI is InChI=1S/C18H18N4O2/c1-11-15-8-14(10-19-16(15)22-21-11)20-17(23)18(24)7-6-12-4-2-3-5-13(12)9-18/h2-5,8,10,24H,6-7,9H2,1H3,(H,20,23)(H,19,21,22)/t18-/m1/s1. The quantitative estimate of drug-likeness (QED) is 0.674. The largest absolute Gasteiger partial charge is 0.380 e. The first-order chi connectivity index (χ1) is 11.5. The molecule has 1 aliphatic rings. The van der Waals surface area contributed by atoms with Crippen LogP contribution in [0.4, 0.5) is 5.69 Å². The van der Waals surface area contributed by atoms with Crippen molar-refractivity contribution in [2.45, 2.75) is 31.8 Å². The van der Waals surface area contributed by atoms with Crippen LogP contribution in [0, 0.1) is 6.92 Å². The maximum atomic E-state index is 12.6. The van der Waals surface area contributed by atoms with E-state index in [4.69, 9.17) is 0 Å². The molecule has 1 aliphatic carbocycles. The molecule has 24 heavy (non-hydrogen) atoms. The predicted molar refractivity (Wildman–Crippen MR) is 90.7 cm³/mol. The third-order valence-electron chi connectivity index (χ3n) is 4.69. The van der Waals surface area contributed by atoms with Crippen molar-refractivity contribution in [3.05, 3.63) is 53.3 Å². The number of nitrogens with one attached hydrogen (secondary N) is 2. The van der Waals surface area contributed by atoms with Gasteiger partial charge in [0.05, 0.1) is 11.9 Å². The minimum Gasteiger partial charge on any atom is -0.380 e. The minimum atomic E-state index is -1.39. The summed E-state index contributed by atoms with van der Waals surface area (Å²) in [6.07, 6.45) is 2.99. The molecule has 6 nitrogen and oxygen atoms in total. The molecule has 4 rings (SSSR count). The monoisotopic (exact) mass is 322 g/mol. The Labute approximate surface area is 138 Å². The van der Waals surface area contributed by atoms with Gasteiger partial charge in [-0.25, -0.2) is 4.98 Å². The number of aromatic nitrogens is 3. The molecule has 3 aromatic rings. The Kier molecular flexibility index (Phi) is 3.35. The minimum absolute atomic E-state index is 0.329. The summed E-state index contributed by atoms with van der Waals surface area (Å²) in [6, 6.07) is 9.75. The number of aryl methyl sites for hydroxylation is 2. The van der Waals surface area contributed by atoms with Crippen molar-refractivity contribution in [3.63, 3.8) is 0 Å². The van der Waals surface area contributed by atoms with Crippen molar-refractivity contribution < 1.29 is 9.90 Å². The maximum absolute atomic E-state index is 12.6. The normalized spacial score (nSPS) is 19.9. The molecule has 1 atom stereocenters. The molecular formula is C18H18N4O2. The van der Waals surface area contributed by atoms with E-state index >= 15 is 0 Å². The maximum Gasteiger partial charge on any atom is 0.256 e. The summed E-state index contributed by atoms with van der Waals surface area (Å²) in [4.78, 5) is 16.9. The zero-order valence-corrected chi connectivity index (χ0v) is 13.3. The molecule has 0 unspecified atom stereocenters. The first kappa shape index (κ1) is 14.8. The Bertz CT molecular complexity index is 934. The second-order valence-corrected chi connectivity index (χ2v) is 6.37. The smallest absolute Gasteiger partial charge is 0.256 e. The highest BCUT2D eigenvalue weighted by Crippen LogP contribution is 2.30. The number of nitrogens with zero attached hydrogens (tertiary/aromatic N) is 2. The Morgan fingerprint density at radius 1 is 1.33 bits per heavy atom. The van der Waals surface area contributed by atoms with Crippen molar-refractivity contribution in [2.75, 3.05) is 5.32 Å². The van der Waals surface area contributed by atoms with E-state index in [9.17, 15) is 9.90 Å². The molecule has 0 spiro atoms. The molecule has 0 aliphatic heterocycles. The number of aliphatic hydroxyl groups is 1. The fourth-order valence-corrected chi connectivity index (χ4v) is 3.25. The van der Waals surface area contributed by atoms with Gasteiger partial charge in [0.25, 0.3) is 5.91 Å². The van der Waals surface area contributed by atoms with Gasteiger partial charge in [0.1, 0.15) is 5.60 Å². The Hall–Kier alpha value is -2.73. The zero-order chi connectivity index (χ0) is 16.7. The van der Waals surface area contributed by atoms with Crippen molar-refractivity contribution in [1.29, 1.82) is 0 Å². The van der Waals surface area contributed by atoms with Gasteiger partial charge < -0.3 is 10.4 Å². The van der Waals surface area contributed by atoms with Gasteiger partial charge in [0, 0.05) is 17.5 Å². The molecule has 0 saturated carbocycles. The number of amides is 1. The van der Waals surface area contributed by atoms with Gasteiger partial charge in [0.2, 0.25) is 0 Å². The summed E-state index contributed by atoms with van der Waals surface area (Å²) in [5.41, 5.74) is 2.89. The predicted octanol–water partition coefficient (Wildman–Crippen LogP) is 2.12. The van der Waals surface area contributed by atoms with Crippen molar-refractivity contribution in [3.8, 4) is 0 Å². The zero-order valence-electron chi connectivity index (χ0n) is 13.3. The number of hydrogen-bond acceptors (Lipinski definition) is 4. The van der Waals surface area contributed by atoms with E-state index in [1.165, 1.54) is 5.56 Å². The van der Waals surface area contributed by atoms with Crippen LogP contribution < -0.4 is 5.32 Å². The van der Waals surface area contributed by atoms with Gasteiger partial charge in [0.15, 0.2) is 5.65 Å². The summed E-state index contributed by atoms with van der Waals surface area (Å²) in [7, 11) is 0. The van der Waals surface area contributed by atoms with E-state index in [2.05, 4.69) is 20.5 Å². The lowest BCUT2D eigenvalue weighted by Gasteiger charge is -2.32. The summed E-state index contributed by atoms with van der Waals surface area (Å²) in [6.45, 7) is 1.90. The molecule has 0 saturated heterocycles. The molecule has 0 bridgehead atoms. The number of carbonyl (C=O) groups excluding carboxylic acids is 1. The Morgan fingerprint density at radius 3 is 2.96 bits per heavy atom. The lowest BCUT2D eigenvalue weighted by atomic mass is 9.80. The molecule has 1 amide bonds. The summed E-state index contributed by atoms with van der Waals surface area (Å²) < 4.78 is 0. The van der Waals surface area contributed by atoms with Crippen molar-refractivity contribution in [2.24, 2.45) is 0 Å². The second-order valence-electron chi connectivity index (χ2n) is 6.37. The summed E-state index contributed by atoms with van der Waals surface area (Å²) in [5, 5.41) is 21.4. The molecule has 2 heterocycles. The molecule has 0 radical (unpaired) electrons. The number of fused-ring (bicyclic) bond motifs is 2. The molecule has 3 N–H and O–H groups in total. The van der Waals surface area contributed by atoms with E-state index in [0.717, 1.165) is 16.6 Å². The average Bonchev–Trinajstić information content (AvgIpc) is 2.95. The van der Waals surface area contributed by atoms with E-state index in [1.807, 2.05) is 37.3 Å². The highest BCUT2D eigenvalue weighted by atomic mass is 16.3. The first-order valence-electron chi connectivity index (χ1n) is 7.96. The van der Waals surface area contributed by atoms with Gasteiger partial charge >= 0.3 is 0 Å². The molecule has 122 valence electrons. The summed E-state index contributed by atoms with van der Waals surface area (Å²) in [5.74, 6) is -0.390. The lowest BCUT2D eigenvalue weighted by Crippen LogP contribution is -2.47. The molecule has 6 heteroatoms. The van der Waals surface area contributed by atoms with Crippen LogP contribution in [-0.4, -0.2) is 31.8 Å². The number of hydrogen-bond donors (Lipinski definition) is 3. The van der Waals surface area contributed by atoms with Crippen LogP contribution in [0.2, 0.25) is 0 Å². The number of anilines is 1. The van der Waals surface area contributed by atoms with Gasteiger partial charge in [-0.15, -0.1) is 0 Å². The number of carbonyl (C=O) groups is 1. The summed E-state index contributed by atoms with van der Waals surface area (Å²) >= 11 is 0. The first-order valence-corrected chi connectivity index (χ1v) is 7.96. The fraction of sp³-hybridized carbons (Fsp3) is 0.278. The number of pyridine rings is 1. The van der Waals surface area contributed by atoms with Crippen LogP contribution in [-0.2, 0) is 17.6 Å².